The van der Waals surface area contributed by atoms with Crippen molar-refractivity contribution in [3.05, 3.63) is 0 Å². The number of hydrogen-bond acceptors (Lipinski definition) is 2. The minimum atomic E-state index is -0.592. The predicted octanol–water partition coefficient (Wildman–Crippen LogP) is 1.58. The van der Waals surface area contributed by atoms with Crippen molar-refractivity contribution in [2.45, 2.75) is 45.2 Å². The number of aliphatic carboxylic acids is 1. The van der Waals surface area contributed by atoms with Gasteiger partial charge in [-0.3, -0.25) is 9.69 Å². The monoisotopic (exact) mass is 197 g/mol. The first-order valence-corrected chi connectivity index (χ1v) is 5.58. The maximum absolute atomic E-state index is 11.0. The fourth-order valence-corrected chi connectivity index (χ4v) is 3.07. The predicted molar refractivity (Wildman–Crippen MR) is 54.1 cm³/mol. The van der Waals surface area contributed by atoms with Gasteiger partial charge in [0.05, 0.1) is 5.92 Å². The second-order valence-corrected chi connectivity index (χ2v) is 5.07. The highest BCUT2D eigenvalue weighted by Crippen LogP contribution is 2.41. The van der Waals surface area contributed by atoms with Crippen LogP contribution in [0.15, 0.2) is 0 Å². The van der Waals surface area contributed by atoms with Crippen LogP contribution in [0.4, 0.5) is 0 Å². The van der Waals surface area contributed by atoms with Gasteiger partial charge in [-0.1, -0.05) is 13.8 Å². The number of rotatable bonds is 3. The Kier molecular flexibility index (Phi) is 2.52. The highest BCUT2D eigenvalue weighted by molar-refractivity contribution is 5.71. The molecule has 2 aliphatic heterocycles. The average Bonchev–Trinajstić information content (AvgIpc) is 2.61. The van der Waals surface area contributed by atoms with Gasteiger partial charge in [0.15, 0.2) is 0 Å². The zero-order valence-electron chi connectivity index (χ0n) is 8.94. The zero-order valence-corrected chi connectivity index (χ0v) is 8.94. The van der Waals surface area contributed by atoms with E-state index in [-0.39, 0.29) is 5.92 Å². The summed E-state index contributed by atoms with van der Waals surface area (Å²) in [6.07, 6.45) is 3.18. The molecule has 0 amide bonds. The lowest BCUT2D eigenvalue weighted by Gasteiger charge is -2.24. The SMILES string of the molecule is CC(C)CN1C2CCC1C(C(=O)O)C2. The maximum Gasteiger partial charge on any atom is 0.308 e. The molecule has 0 aromatic heterocycles. The van der Waals surface area contributed by atoms with E-state index in [2.05, 4.69) is 18.7 Å². The van der Waals surface area contributed by atoms with Crippen molar-refractivity contribution in [3.8, 4) is 0 Å². The summed E-state index contributed by atoms with van der Waals surface area (Å²) in [4.78, 5) is 13.4. The molecule has 2 fully saturated rings. The number of carbonyl (C=O) groups is 1. The van der Waals surface area contributed by atoms with Gasteiger partial charge in [0.25, 0.3) is 0 Å². The van der Waals surface area contributed by atoms with Crippen molar-refractivity contribution in [2.24, 2.45) is 11.8 Å². The average molecular weight is 197 g/mol. The van der Waals surface area contributed by atoms with Crippen LogP contribution < -0.4 is 0 Å². The second kappa shape index (κ2) is 3.54. The second-order valence-electron chi connectivity index (χ2n) is 5.07. The lowest BCUT2D eigenvalue weighted by molar-refractivity contribution is -0.142. The quantitative estimate of drug-likeness (QED) is 0.746. The van der Waals surface area contributed by atoms with Gasteiger partial charge in [-0.15, -0.1) is 0 Å². The topological polar surface area (TPSA) is 40.5 Å². The molecule has 2 heterocycles. The van der Waals surface area contributed by atoms with E-state index in [0.717, 1.165) is 19.4 Å². The molecule has 0 spiro atoms. The Morgan fingerprint density at radius 3 is 2.71 bits per heavy atom. The molecule has 0 saturated carbocycles. The summed E-state index contributed by atoms with van der Waals surface area (Å²) in [5, 5.41) is 9.06. The van der Waals surface area contributed by atoms with E-state index in [1.807, 2.05) is 0 Å². The lowest BCUT2D eigenvalue weighted by Crippen LogP contribution is -2.35. The van der Waals surface area contributed by atoms with Gasteiger partial charge < -0.3 is 5.11 Å². The normalized spacial score (nSPS) is 36.9. The summed E-state index contributed by atoms with van der Waals surface area (Å²) in [6.45, 7) is 5.47. The molecule has 0 aliphatic carbocycles. The summed E-state index contributed by atoms with van der Waals surface area (Å²) in [5.74, 6) is -0.0379. The van der Waals surface area contributed by atoms with Gasteiger partial charge in [0.2, 0.25) is 0 Å². The van der Waals surface area contributed by atoms with Crippen LogP contribution in [0, 0.1) is 11.8 Å². The van der Waals surface area contributed by atoms with Gasteiger partial charge in [-0.2, -0.15) is 0 Å². The Balaban J connectivity index is 2.04. The molecule has 1 N–H and O–H groups in total. The molecular formula is C11H19NO2. The highest BCUT2D eigenvalue weighted by Gasteiger charge is 2.48. The largest absolute Gasteiger partial charge is 0.481 e. The highest BCUT2D eigenvalue weighted by atomic mass is 16.4. The van der Waals surface area contributed by atoms with Gasteiger partial charge in [-0.25, -0.2) is 0 Å². The van der Waals surface area contributed by atoms with E-state index in [9.17, 15) is 4.79 Å². The van der Waals surface area contributed by atoms with Crippen LogP contribution in [0.3, 0.4) is 0 Å². The molecule has 2 saturated heterocycles. The van der Waals surface area contributed by atoms with E-state index in [1.54, 1.807) is 0 Å². The minimum Gasteiger partial charge on any atom is -0.481 e. The minimum absolute atomic E-state index is 0.0903. The molecule has 3 atom stereocenters. The van der Waals surface area contributed by atoms with Gasteiger partial charge >= 0.3 is 5.97 Å². The zero-order chi connectivity index (χ0) is 10.3. The molecule has 0 aromatic rings. The third-order valence-corrected chi connectivity index (χ3v) is 3.57. The van der Waals surface area contributed by atoms with Crippen LogP contribution in [0.1, 0.15) is 33.1 Å². The number of carboxylic acid groups (broad SMARTS) is 1. The van der Waals surface area contributed by atoms with Crippen molar-refractivity contribution in [2.75, 3.05) is 6.54 Å². The molecule has 2 aliphatic rings. The summed E-state index contributed by atoms with van der Waals surface area (Å²) in [7, 11) is 0. The first kappa shape index (κ1) is 9.97. The Hall–Kier alpha value is -0.570. The van der Waals surface area contributed by atoms with Crippen LogP contribution >= 0.6 is 0 Å². The van der Waals surface area contributed by atoms with Crippen LogP contribution in [0.5, 0.6) is 0 Å². The van der Waals surface area contributed by atoms with Crippen LogP contribution in [0.2, 0.25) is 0 Å². The van der Waals surface area contributed by atoms with Gasteiger partial charge in [-0.05, 0) is 25.2 Å². The first-order valence-electron chi connectivity index (χ1n) is 5.58. The van der Waals surface area contributed by atoms with Crippen molar-refractivity contribution < 1.29 is 9.90 Å². The van der Waals surface area contributed by atoms with Crippen molar-refractivity contribution >= 4 is 5.97 Å². The Bertz CT molecular complexity index is 239. The van der Waals surface area contributed by atoms with Crippen LogP contribution in [-0.4, -0.2) is 34.6 Å². The third kappa shape index (κ3) is 1.54. The van der Waals surface area contributed by atoms with E-state index in [1.165, 1.54) is 6.42 Å². The molecule has 2 bridgehead atoms. The summed E-state index contributed by atoms with van der Waals surface area (Å²) < 4.78 is 0. The van der Waals surface area contributed by atoms with Gasteiger partial charge in [0.1, 0.15) is 0 Å². The Labute approximate surface area is 85.1 Å². The fraction of sp³-hybridized carbons (Fsp3) is 0.909. The third-order valence-electron chi connectivity index (χ3n) is 3.57. The Morgan fingerprint density at radius 2 is 2.21 bits per heavy atom. The number of nitrogens with zero attached hydrogens (tertiary/aromatic N) is 1. The van der Waals surface area contributed by atoms with Crippen LogP contribution in [-0.2, 0) is 4.79 Å². The molecular weight excluding hydrogens is 178 g/mol. The molecule has 2 rings (SSSR count). The van der Waals surface area contributed by atoms with Crippen molar-refractivity contribution in [1.29, 1.82) is 0 Å². The van der Waals surface area contributed by atoms with Gasteiger partial charge in [0, 0.05) is 18.6 Å². The molecule has 3 nitrogen and oxygen atoms in total. The van der Waals surface area contributed by atoms with E-state index in [4.69, 9.17) is 5.11 Å². The summed E-state index contributed by atoms with van der Waals surface area (Å²) >= 11 is 0. The van der Waals surface area contributed by atoms with E-state index < -0.39 is 5.97 Å². The first-order chi connectivity index (χ1) is 6.59. The number of fused-ring (bicyclic) bond motifs is 2. The summed E-state index contributed by atoms with van der Waals surface area (Å²) in [6, 6.07) is 0.892. The van der Waals surface area contributed by atoms with Crippen molar-refractivity contribution in [1.82, 2.24) is 4.90 Å². The number of hydrogen-bond donors (Lipinski definition) is 1. The molecule has 0 radical (unpaired) electrons. The molecule has 0 aromatic carbocycles. The Morgan fingerprint density at radius 1 is 1.50 bits per heavy atom. The molecule has 3 heteroatoms. The number of carboxylic acids is 1. The lowest BCUT2D eigenvalue weighted by atomic mass is 9.89. The van der Waals surface area contributed by atoms with Crippen LogP contribution in [0.25, 0.3) is 0 Å². The molecule has 80 valence electrons. The molecule has 3 unspecified atom stereocenters. The van der Waals surface area contributed by atoms with Crippen molar-refractivity contribution in [3.63, 3.8) is 0 Å². The maximum atomic E-state index is 11.0. The standard InChI is InChI=1S/C11H19NO2/c1-7(2)6-12-8-3-4-10(12)9(5-8)11(13)14/h7-10H,3-6H2,1-2H3,(H,13,14). The molecule has 14 heavy (non-hydrogen) atoms. The van der Waals surface area contributed by atoms with E-state index >= 15 is 0 Å². The smallest absolute Gasteiger partial charge is 0.308 e. The van der Waals surface area contributed by atoms with E-state index in [0.29, 0.717) is 18.0 Å². The fourth-order valence-electron chi connectivity index (χ4n) is 3.07. The summed E-state index contributed by atoms with van der Waals surface area (Å²) in [5.41, 5.74) is 0.